The minimum absolute atomic E-state index is 0.251. The first-order valence-electron chi connectivity index (χ1n) is 9.57. The molecule has 26 heavy (non-hydrogen) atoms. The summed E-state index contributed by atoms with van der Waals surface area (Å²) in [4.78, 5) is 14.6. The maximum Gasteiger partial charge on any atom is 0.226 e. The average molecular weight is 351 g/mol. The number of aryl methyl sites for hydroxylation is 2. The first-order valence-corrected chi connectivity index (χ1v) is 9.57. The van der Waals surface area contributed by atoms with Crippen molar-refractivity contribution in [1.82, 2.24) is 4.90 Å². The van der Waals surface area contributed by atoms with Crippen LogP contribution < -0.4 is 0 Å². The van der Waals surface area contributed by atoms with Crippen molar-refractivity contribution in [2.45, 2.75) is 39.7 Å². The molecule has 0 atom stereocenters. The maximum atomic E-state index is 12.6. The third-order valence-electron chi connectivity index (χ3n) is 5.27. The van der Waals surface area contributed by atoms with Crippen LogP contribution in [0.25, 0.3) is 0 Å². The number of benzene rings is 2. The van der Waals surface area contributed by atoms with Crippen molar-refractivity contribution in [3.8, 4) is 0 Å². The van der Waals surface area contributed by atoms with E-state index in [9.17, 15) is 4.79 Å². The molecule has 2 aromatic rings. The summed E-state index contributed by atoms with van der Waals surface area (Å²) in [6.45, 7) is 7.34. The average Bonchev–Trinajstić information content (AvgIpc) is 2.65. The Bertz CT molecular complexity index is 718. The van der Waals surface area contributed by atoms with Crippen LogP contribution in [0.4, 0.5) is 0 Å². The molecule has 0 spiro atoms. The predicted molar refractivity (Wildman–Crippen MR) is 105 cm³/mol. The van der Waals surface area contributed by atoms with Gasteiger partial charge in [0.15, 0.2) is 0 Å². The van der Waals surface area contributed by atoms with Crippen molar-refractivity contribution in [2.24, 2.45) is 5.92 Å². The number of carbonyl (C=O) groups is 1. The predicted octanol–water partition coefficient (Wildman–Crippen LogP) is 4.30. The lowest BCUT2D eigenvalue weighted by molar-refractivity contribution is -0.132. The molecule has 1 heterocycles. The molecule has 1 fully saturated rings. The second-order valence-corrected chi connectivity index (χ2v) is 7.43. The summed E-state index contributed by atoms with van der Waals surface area (Å²) in [5.41, 5.74) is 4.82. The third kappa shape index (κ3) is 5.18. The number of amides is 1. The highest BCUT2D eigenvalue weighted by Gasteiger charge is 2.23. The van der Waals surface area contributed by atoms with Crippen LogP contribution >= 0.6 is 0 Å². The molecular weight excluding hydrogens is 322 g/mol. The van der Waals surface area contributed by atoms with Gasteiger partial charge in [-0.3, -0.25) is 4.79 Å². The van der Waals surface area contributed by atoms with Gasteiger partial charge in [-0.1, -0.05) is 54.1 Å². The van der Waals surface area contributed by atoms with Gasteiger partial charge in [0, 0.05) is 19.7 Å². The van der Waals surface area contributed by atoms with Crippen molar-refractivity contribution < 1.29 is 9.53 Å². The summed E-state index contributed by atoms with van der Waals surface area (Å²) in [7, 11) is 0. The lowest BCUT2D eigenvalue weighted by Gasteiger charge is -2.32. The molecule has 2 aromatic carbocycles. The largest absolute Gasteiger partial charge is 0.376 e. The summed E-state index contributed by atoms with van der Waals surface area (Å²) in [6.07, 6.45) is 2.59. The van der Waals surface area contributed by atoms with Crippen LogP contribution in [0.2, 0.25) is 0 Å². The topological polar surface area (TPSA) is 29.5 Å². The van der Waals surface area contributed by atoms with Crippen molar-refractivity contribution in [3.05, 3.63) is 70.8 Å². The first kappa shape index (κ1) is 18.7. The highest BCUT2D eigenvalue weighted by atomic mass is 16.5. The van der Waals surface area contributed by atoms with Crippen LogP contribution in [-0.2, 0) is 22.6 Å². The molecule has 0 aromatic heterocycles. The van der Waals surface area contributed by atoms with E-state index in [2.05, 4.69) is 44.2 Å². The third-order valence-corrected chi connectivity index (χ3v) is 5.27. The number of carbonyl (C=O) groups excluding carboxylic acids is 1. The Labute approximate surface area is 157 Å². The zero-order valence-electron chi connectivity index (χ0n) is 15.9. The van der Waals surface area contributed by atoms with E-state index in [0.29, 0.717) is 18.9 Å². The van der Waals surface area contributed by atoms with Gasteiger partial charge in [0.2, 0.25) is 5.91 Å². The lowest BCUT2D eigenvalue weighted by atomic mass is 9.96. The molecule has 0 aliphatic carbocycles. The second-order valence-electron chi connectivity index (χ2n) is 7.43. The van der Waals surface area contributed by atoms with E-state index in [0.717, 1.165) is 38.1 Å². The SMILES string of the molecule is Cc1ccc(CC(=O)N2CCC(COCc3ccccc3)CC2)c(C)c1. The van der Waals surface area contributed by atoms with Crippen molar-refractivity contribution in [2.75, 3.05) is 19.7 Å². The minimum Gasteiger partial charge on any atom is -0.376 e. The number of hydrogen-bond acceptors (Lipinski definition) is 2. The van der Waals surface area contributed by atoms with Gasteiger partial charge in [0.05, 0.1) is 13.0 Å². The van der Waals surface area contributed by atoms with E-state index in [1.807, 2.05) is 23.1 Å². The van der Waals surface area contributed by atoms with E-state index in [1.165, 1.54) is 16.7 Å². The quantitative estimate of drug-likeness (QED) is 0.776. The molecule has 0 radical (unpaired) electrons. The van der Waals surface area contributed by atoms with Gasteiger partial charge < -0.3 is 9.64 Å². The first-order chi connectivity index (χ1) is 12.6. The molecule has 3 nitrogen and oxygen atoms in total. The Kier molecular flexibility index (Phi) is 6.45. The number of nitrogens with zero attached hydrogens (tertiary/aromatic N) is 1. The highest BCUT2D eigenvalue weighted by Crippen LogP contribution is 2.20. The second kappa shape index (κ2) is 9.00. The van der Waals surface area contributed by atoms with Gasteiger partial charge in [0.25, 0.3) is 0 Å². The molecule has 0 saturated carbocycles. The van der Waals surface area contributed by atoms with E-state index < -0.39 is 0 Å². The lowest BCUT2D eigenvalue weighted by Crippen LogP contribution is -2.40. The molecule has 138 valence electrons. The van der Waals surface area contributed by atoms with Gasteiger partial charge in [0.1, 0.15) is 0 Å². The fraction of sp³-hybridized carbons (Fsp3) is 0.435. The number of likely N-dealkylation sites (tertiary alicyclic amines) is 1. The molecule has 1 amide bonds. The number of ether oxygens (including phenoxy) is 1. The fourth-order valence-corrected chi connectivity index (χ4v) is 3.59. The van der Waals surface area contributed by atoms with Crippen molar-refractivity contribution in [3.63, 3.8) is 0 Å². The van der Waals surface area contributed by atoms with Crippen LogP contribution in [0.1, 0.15) is 35.1 Å². The summed E-state index contributed by atoms with van der Waals surface area (Å²) < 4.78 is 5.87. The standard InChI is InChI=1S/C23H29NO2/c1-18-8-9-22(19(2)14-18)15-23(25)24-12-10-21(11-13-24)17-26-16-20-6-4-3-5-7-20/h3-9,14,21H,10-13,15-17H2,1-2H3. The number of hydrogen-bond donors (Lipinski definition) is 0. The van der Waals surface area contributed by atoms with Gasteiger partial charge in [-0.2, -0.15) is 0 Å². The smallest absolute Gasteiger partial charge is 0.226 e. The zero-order chi connectivity index (χ0) is 18.4. The molecule has 3 heteroatoms. The van der Waals surface area contributed by atoms with E-state index in [1.54, 1.807) is 0 Å². The summed E-state index contributed by atoms with van der Waals surface area (Å²) in [6, 6.07) is 16.6. The molecule has 1 aliphatic rings. The van der Waals surface area contributed by atoms with Gasteiger partial charge in [-0.15, -0.1) is 0 Å². The van der Waals surface area contributed by atoms with E-state index >= 15 is 0 Å². The monoisotopic (exact) mass is 351 g/mol. The van der Waals surface area contributed by atoms with Crippen LogP contribution in [0.15, 0.2) is 48.5 Å². The highest BCUT2D eigenvalue weighted by molar-refractivity contribution is 5.79. The van der Waals surface area contributed by atoms with Gasteiger partial charge >= 0.3 is 0 Å². The number of rotatable bonds is 6. The van der Waals surface area contributed by atoms with Gasteiger partial charge in [-0.05, 0) is 49.3 Å². The molecule has 1 aliphatic heterocycles. The van der Waals surface area contributed by atoms with Crippen LogP contribution in [0.3, 0.4) is 0 Å². The van der Waals surface area contributed by atoms with Crippen LogP contribution in [0, 0.1) is 19.8 Å². The summed E-state index contributed by atoms with van der Waals surface area (Å²) >= 11 is 0. The normalized spacial score (nSPS) is 15.2. The molecule has 0 N–H and O–H groups in total. The Balaban J connectivity index is 1.41. The van der Waals surface area contributed by atoms with E-state index in [-0.39, 0.29) is 5.91 Å². The Morgan fingerprint density at radius 2 is 1.81 bits per heavy atom. The molecule has 0 bridgehead atoms. The summed E-state index contributed by atoms with van der Waals surface area (Å²) in [5, 5.41) is 0. The Morgan fingerprint density at radius 1 is 1.08 bits per heavy atom. The summed E-state index contributed by atoms with van der Waals surface area (Å²) in [5.74, 6) is 0.810. The zero-order valence-corrected chi connectivity index (χ0v) is 15.9. The van der Waals surface area contributed by atoms with Gasteiger partial charge in [-0.25, -0.2) is 0 Å². The number of piperidine rings is 1. The Hall–Kier alpha value is -2.13. The van der Waals surface area contributed by atoms with Crippen LogP contribution in [0.5, 0.6) is 0 Å². The van der Waals surface area contributed by atoms with E-state index in [4.69, 9.17) is 4.74 Å². The van der Waals surface area contributed by atoms with Crippen molar-refractivity contribution >= 4 is 5.91 Å². The fourth-order valence-electron chi connectivity index (χ4n) is 3.59. The maximum absolute atomic E-state index is 12.6. The molecule has 0 unspecified atom stereocenters. The van der Waals surface area contributed by atoms with Crippen molar-refractivity contribution in [1.29, 1.82) is 0 Å². The minimum atomic E-state index is 0.251. The molecular formula is C23H29NO2. The van der Waals surface area contributed by atoms with Crippen LogP contribution in [-0.4, -0.2) is 30.5 Å². The molecule has 1 saturated heterocycles. The molecule has 3 rings (SSSR count). The Morgan fingerprint density at radius 3 is 2.50 bits per heavy atom.